The molecule has 1 spiro atoms. The first-order valence-electron chi connectivity index (χ1n) is 16.0. The molecule has 7 rings (SSSR count). The number of carbonyl (C=O) groups is 1. The van der Waals surface area contributed by atoms with Crippen molar-refractivity contribution < 1.29 is 29.2 Å². The fourth-order valence-electron chi connectivity index (χ4n) is 7.62. The van der Waals surface area contributed by atoms with Crippen LogP contribution in [-0.4, -0.2) is 45.6 Å². The SMILES string of the molecule is COc1ccc(F)c(-c2ccc(C3CCc4ccc([C@H](C5CC5)[C@H](C)C(=O)O)cc4O3)cc2CN2CCCCC23CC3)n1.O. The zero-order chi connectivity index (χ0) is 29.7. The second kappa shape index (κ2) is 12.1. The molecule has 3 fully saturated rings. The molecule has 3 aromatic rings. The van der Waals surface area contributed by atoms with Crippen molar-refractivity contribution in [3.8, 4) is 22.9 Å². The van der Waals surface area contributed by atoms with Crippen LogP contribution in [0.2, 0.25) is 0 Å². The number of carboxylic acid groups (broad SMARTS) is 1. The van der Waals surface area contributed by atoms with Crippen LogP contribution in [0.3, 0.4) is 0 Å². The van der Waals surface area contributed by atoms with Crippen molar-refractivity contribution in [2.45, 2.75) is 88.8 Å². The summed E-state index contributed by atoms with van der Waals surface area (Å²) in [5.41, 5.74) is 5.80. The number of hydrogen-bond acceptors (Lipinski definition) is 5. The maximum absolute atomic E-state index is 15.2. The number of hydrogen-bond donors (Lipinski definition) is 1. The molecule has 2 saturated carbocycles. The molecule has 2 aliphatic heterocycles. The highest BCUT2D eigenvalue weighted by Crippen LogP contribution is 2.50. The minimum Gasteiger partial charge on any atom is -0.485 e. The molecule has 7 nitrogen and oxygen atoms in total. The first kappa shape index (κ1) is 30.5. The molecule has 8 heteroatoms. The van der Waals surface area contributed by atoms with Crippen LogP contribution >= 0.6 is 0 Å². The lowest BCUT2D eigenvalue weighted by molar-refractivity contribution is -0.142. The maximum Gasteiger partial charge on any atom is 0.306 e. The van der Waals surface area contributed by atoms with Gasteiger partial charge in [-0.05, 0) is 104 Å². The summed E-state index contributed by atoms with van der Waals surface area (Å²) in [6.45, 7) is 3.64. The zero-order valence-electron chi connectivity index (χ0n) is 25.7. The third-order valence-electron chi connectivity index (χ3n) is 10.4. The molecule has 0 radical (unpaired) electrons. The van der Waals surface area contributed by atoms with Crippen molar-refractivity contribution in [1.82, 2.24) is 9.88 Å². The number of methoxy groups -OCH3 is 1. The van der Waals surface area contributed by atoms with Gasteiger partial charge < -0.3 is 20.1 Å². The van der Waals surface area contributed by atoms with Crippen molar-refractivity contribution in [3.05, 3.63) is 76.6 Å². The van der Waals surface area contributed by atoms with Crippen LogP contribution in [0.5, 0.6) is 11.6 Å². The van der Waals surface area contributed by atoms with Gasteiger partial charge in [-0.1, -0.05) is 43.7 Å². The molecule has 2 aromatic carbocycles. The first-order chi connectivity index (χ1) is 20.8. The molecular formula is C36H43FN2O5. The number of aromatic nitrogens is 1. The molecule has 0 bridgehead atoms. The molecule has 3 heterocycles. The van der Waals surface area contributed by atoms with Gasteiger partial charge in [0, 0.05) is 23.7 Å². The largest absolute Gasteiger partial charge is 0.485 e. The van der Waals surface area contributed by atoms with Crippen molar-refractivity contribution in [3.63, 3.8) is 0 Å². The zero-order valence-corrected chi connectivity index (χ0v) is 25.7. The van der Waals surface area contributed by atoms with Crippen LogP contribution in [0, 0.1) is 17.7 Å². The van der Waals surface area contributed by atoms with Gasteiger partial charge in [-0.25, -0.2) is 9.37 Å². The number of aryl methyl sites for hydroxylation is 1. The lowest BCUT2D eigenvalue weighted by Gasteiger charge is -2.37. The molecule has 1 aromatic heterocycles. The molecule has 3 atom stereocenters. The van der Waals surface area contributed by atoms with Gasteiger partial charge in [-0.3, -0.25) is 9.69 Å². The number of likely N-dealkylation sites (tertiary alicyclic amines) is 1. The van der Waals surface area contributed by atoms with E-state index in [2.05, 4.69) is 40.2 Å². The topological polar surface area (TPSA) is 103 Å². The van der Waals surface area contributed by atoms with Crippen LogP contribution in [-0.2, 0) is 17.8 Å². The van der Waals surface area contributed by atoms with Gasteiger partial charge in [0.25, 0.3) is 0 Å². The number of nitrogens with zero attached hydrogens (tertiary/aromatic N) is 2. The van der Waals surface area contributed by atoms with Crippen LogP contribution < -0.4 is 9.47 Å². The Morgan fingerprint density at radius 2 is 1.93 bits per heavy atom. The minimum absolute atomic E-state index is 0. The van der Waals surface area contributed by atoms with E-state index in [0.717, 1.165) is 66.8 Å². The third-order valence-corrected chi connectivity index (χ3v) is 10.4. The number of ether oxygens (including phenoxy) is 2. The highest BCUT2D eigenvalue weighted by molar-refractivity contribution is 5.71. The Balaban J connectivity index is 0.00000343. The third kappa shape index (κ3) is 5.82. The van der Waals surface area contributed by atoms with E-state index < -0.39 is 11.9 Å². The van der Waals surface area contributed by atoms with E-state index in [1.54, 1.807) is 13.2 Å². The summed E-state index contributed by atoms with van der Waals surface area (Å²) in [5.74, 6) is 0.144. The summed E-state index contributed by atoms with van der Waals surface area (Å²) in [4.78, 5) is 19.0. The molecule has 44 heavy (non-hydrogen) atoms. The van der Waals surface area contributed by atoms with Gasteiger partial charge in [0.05, 0.1) is 13.0 Å². The number of rotatable bonds is 9. The Labute approximate surface area is 258 Å². The normalized spacial score (nSPS) is 21.8. The lowest BCUT2D eigenvalue weighted by Crippen LogP contribution is -2.40. The highest BCUT2D eigenvalue weighted by atomic mass is 19.1. The van der Waals surface area contributed by atoms with Gasteiger partial charge in [0.1, 0.15) is 23.4 Å². The molecule has 4 aliphatic rings. The van der Waals surface area contributed by atoms with E-state index in [1.807, 2.05) is 13.0 Å². The summed E-state index contributed by atoms with van der Waals surface area (Å²) in [6.07, 6.45) is 9.95. The second-order valence-corrected chi connectivity index (χ2v) is 13.2. The van der Waals surface area contributed by atoms with Gasteiger partial charge >= 0.3 is 5.97 Å². The van der Waals surface area contributed by atoms with Crippen LogP contribution in [0.4, 0.5) is 4.39 Å². The van der Waals surface area contributed by atoms with Crippen molar-refractivity contribution in [1.29, 1.82) is 0 Å². The Morgan fingerprint density at radius 3 is 2.66 bits per heavy atom. The van der Waals surface area contributed by atoms with E-state index in [9.17, 15) is 9.90 Å². The molecule has 3 N–H and O–H groups in total. The summed E-state index contributed by atoms with van der Waals surface area (Å²) >= 11 is 0. The number of piperidine rings is 1. The Kier molecular flexibility index (Phi) is 8.42. The van der Waals surface area contributed by atoms with Gasteiger partial charge in [0.2, 0.25) is 5.88 Å². The number of fused-ring (bicyclic) bond motifs is 1. The monoisotopic (exact) mass is 602 g/mol. The summed E-state index contributed by atoms with van der Waals surface area (Å²) in [5, 5.41) is 9.78. The maximum atomic E-state index is 15.2. The molecule has 1 saturated heterocycles. The number of pyridine rings is 1. The predicted octanol–water partition coefficient (Wildman–Crippen LogP) is 6.87. The summed E-state index contributed by atoms with van der Waals surface area (Å²) in [7, 11) is 1.55. The second-order valence-electron chi connectivity index (χ2n) is 13.2. The minimum atomic E-state index is -0.746. The van der Waals surface area contributed by atoms with E-state index in [0.29, 0.717) is 23.0 Å². The lowest BCUT2D eigenvalue weighted by atomic mass is 9.82. The fourth-order valence-corrected chi connectivity index (χ4v) is 7.62. The smallest absolute Gasteiger partial charge is 0.306 e. The van der Waals surface area contributed by atoms with Crippen LogP contribution in [0.25, 0.3) is 11.3 Å². The fraction of sp³-hybridized carbons (Fsp3) is 0.500. The summed E-state index contributed by atoms with van der Waals surface area (Å²) in [6, 6.07) is 15.6. The summed E-state index contributed by atoms with van der Waals surface area (Å²) < 4.78 is 27.2. The Hall–Kier alpha value is -3.49. The number of carboxylic acids is 1. The van der Waals surface area contributed by atoms with Gasteiger partial charge in [-0.2, -0.15) is 0 Å². The molecule has 1 unspecified atom stereocenters. The quantitative estimate of drug-likeness (QED) is 0.287. The molecule has 0 amide bonds. The van der Waals surface area contributed by atoms with E-state index in [1.165, 1.54) is 43.7 Å². The Morgan fingerprint density at radius 1 is 1.11 bits per heavy atom. The van der Waals surface area contributed by atoms with Gasteiger partial charge in [-0.15, -0.1) is 0 Å². The van der Waals surface area contributed by atoms with E-state index in [4.69, 9.17) is 9.47 Å². The van der Waals surface area contributed by atoms with Crippen LogP contribution in [0.15, 0.2) is 48.5 Å². The Bertz CT molecular complexity index is 1530. The number of halogens is 1. The van der Waals surface area contributed by atoms with Gasteiger partial charge in [0.15, 0.2) is 0 Å². The molecular weight excluding hydrogens is 559 g/mol. The van der Waals surface area contributed by atoms with E-state index in [-0.39, 0.29) is 23.3 Å². The van der Waals surface area contributed by atoms with E-state index >= 15 is 4.39 Å². The average molecular weight is 603 g/mol. The average Bonchev–Trinajstić information content (AvgIpc) is 3.96. The number of aliphatic carboxylic acids is 1. The first-order valence-corrected chi connectivity index (χ1v) is 16.0. The number of benzene rings is 2. The molecule has 2 aliphatic carbocycles. The van der Waals surface area contributed by atoms with Crippen molar-refractivity contribution in [2.75, 3.05) is 13.7 Å². The standard InChI is InChI=1S/C36H41FN2O4.H2O/c1-22(35(40)41)33(24-6-7-24)26-8-5-23-10-13-30(43-31(23)20-26)25-9-11-28(34-29(37)12-14-32(38-34)42-2)27(19-25)21-39-18-4-3-15-36(39)16-17-36;/h5,8-9,11-12,14,19-20,22,24,30,33H,3-4,6-7,10,13,15-18,21H2,1-2H3,(H,40,41);1H2/t22-,30?,33-;/m0./s1. The predicted molar refractivity (Wildman–Crippen MR) is 166 cm³/mol. The van der Waals surface area contributed by atoms with Crippen LogP contribution in [0.1, 0.15) is 92.6 Å². The highest BCUT2D eigenvalue weighted by Gasteiger charge is 2.48. The van der Waals surface area contributed by atoms with Crippen molar-refractivity contribution in [2.24, 2.45) is 11.8 Å². The molecule has 234 valence electrons. The van der Waals surface area contributed by atoms with Crippen molar-refractivity contribution >= 4 is 5.97 Å².